The predicted molar refractivity (Wildman–Crippen MR) is 69.9 cm³/mol. The normalized spacial score (nSPS) is 31.8. The molecule has 0 spiro atoms. The molecule has 0 aromatic rings. The first-order chi connectivity index (χ1) is 7.15. The first-order valence-electron chi connectivity index (χ1n) is 7.15. The maximum atomic E-state index is 2.54. The molecule has 0 radical (unpaired) electrons. The van der Waals surface area contributed by atoms with E-state index in [0.29, 0.717) is 5.31 Å². The van der Waals surface area contributed by atoms with Crippen molar-refractivity contribution < 1.29 is 0 Å². The van der Waals surface area contributed by atoms with Gasteiger partial charge in [-0.25, -0.2) is 0 Å². The highest BCUT2D eigenvalue weighted by Gasteiger charge is 2.46. The fourth-order valence-corrected chi connectivity index (χ4v) is 4.76. The fourth-order valence-electron chi connectivity index (χ4n) is 4.76. The van der Waals surface area contributed by atoms with Gasteiger partial charge in [0.2, 0.25) is 0 Å². The average molecular weight is 206 g/mol. The second-order valence-electron chi connectivity index (χ2n) is 6.65. The summed E-state index contributed by atoms with van der Waals surface area (Å²) in [6, 6.07) is 0. The summed E-state index contributed by atoms with van der Waals surface area (Å²) >= 11 is 0. The topological polar surface area (TPSA) is 0 Å². The van der Waals surface area contributed by atoms with E-state index >= 15 is 0 Å². The van der Waals surface area contributed by atoms with Crippen molar-refractivity contribution in [1.82, 2.24) is 0 Å². The molecule has 2 aliphatic rings. The van der Waals surface area contributed by atoms with Crippen molar-refractivity contribution in [3.05, 3.63) is 0 Å². The zero-order valence-corrected chi connectivity index (χ0v) is 10.9. The first-order valence-corrected chi connectivity index (χ1v) is 7.15. The Balaban J connectivity index is 2.11. The molecule has 0 aromatic heterocycles. The molecule has 86 valence electrons. The Morgan fingerprint density at radius 1 is 1.00 bits per heavy atom. The molecule has 0 aromatic carbocycles. The van der Waals surface area contributed by atoms with Crippen molar-refractivity contribution in [2.45, 2.75) is 89.1 Å². The molecule has 2 saturated heterocycles. The van der Waals surface area contributed by atoms with Crippen molar-refractivity contribution in [2.24, 2.45) is 0 Å². The van der Waals surface area contributed by atoms with Crippen molar-refractivity contribution in [1.29, 1.82) is 0 Å². The average Bonchev–Trinajstić information content (AvgIpc) is 2.16. The minimum Gasteiger partial charge on any atom is -0.0665 e. The number of fused-ring (bicyclic) bond motifs is 2. The van der Waals surface area contributed by atoms with Crippen LogP contribution in [0.2, 0.25) is 16.9 Å². The van der Waals surface area contributed by atoms with Crippen LogP contribution >= 0.6 is 0 Å². The van der Waals surface area contributed by atoms with E-state index in [2.05, 4.69) is 20.8 Å². The van der Waals surface area contributed by atoms with Gasteiger partial charge in [-0.1, -0.05) is 89.1 Å². The van der Waals surface area contributed by atoms with Gasteiger partial charge < -0.3 is 0 Å². The minimum atomic E-state index is 0.616. The number of hydrogen-bond donors (Lipinski definition) is 0. The van der Waals surface area contributed by atoms with Crippen molar-refractivity contribution >= 4 is 6.71 Å². The Labute approximate surface area is 96.3 Å². The summed E-state index contributed by atoms with van der Waals surface area (Å²) in [5.41, 5.74) is 0. The molecule has 0 aliphatic carbocycles. The summed E-state index contributed by atoms with van der Waals surface area (Å²) in [5, 5.41) is 0.616. The molecule has 2 heterocycles. The van der Waals surface area contributed by atoms with Gasteiger partial charge in [0, 0.05) is 0 Å². The summed E-state index contributed by atoms with van der Waals surface area (Å²) in [5.74, 6) is 2.16. The summed E-state index contributed by atoms with van der Waals surface area (Å²) in [6.07, 6.45) is 12.0. The van der Waals surface area contributed by atoms with Crippen LogP contribution < -0.4 is 0 Å². The first kappa shape index (κ1) is 11.5. The van der Waals surface area contributed by atoms with Gasteiger partial charge in [-0.15, -0.1) is 0 Å². The Morgan fingerprint density at radius 2 is 1.47 bits per heavy atom. The van der Waals surface area contributed by atoms with E-state index < -0.39 is 0 Å². The zero-order valence-electron chi connectivity index (χ0n) is 10.9. The molecular weight excluding hydrogens is 179 g/mol. The minimum absolute atomic E-state index is 0.616. The van der Waals surface area contributed by atoms with Crippen LogP contribution in [0.5, 0.6) is 0 Å². The van der Waals surface area contributed by atoms with Gasteiger partial charge in [0.25, 0.3) is 0 Å². The van der Waals surface area contributed by atoms with Gasteiger partial charge in [-0.05, 0) is 0 Å². The molecule has 0 nitrogen and oxygen atoms in total. The Morgan fingerprint density at radius 3 is 1.87 bits per heavy atom. The summed E-state index contributed by atoms with van der Waals surface area (Å²) in [4.78, 5) is 0. The van der Waals surface area contributed by atoms with E-state index in [0.717, 1.165) is 18.3 Å². The van der Waals surface area contributed by atoms with Crippen molar-refractivity contribution in [3.63, 3.8) is 0 Å². The van der Waals surface area contributed by atoms with Crippen LogP contribution in [0.15, 0.2) is 0 Å². The molecule has 2 rings (SSSR count). The van der Waals surface area contributed by atoms with Crippen molar-refractivity contribution in [2.75, 3.05) is 0 Å². The highest BCUT2D eigenvalue weighted by Crippen LogP contribution is 2.55. The van der Waals surface area contributed by atoms with Gasteiger partial charge in [0.15, 0.2) is 6.71 Å². The van der Waals surface area contributed by atoms with E-state index in [1.165, 1.54) is 51.4 Å². The molecule has 0 amide bonds. The monoisotopic (exact) mass is 206 g/mol. The van der Waals surface area contributed by atoms with Crippen LogP contribution in [0.1, 0.15) is 72.1 Å². The molecule has 2 fully saturated rings. The molecular formula is C14H27B. The molecule has 2 aliphatic heterocycles. The largest absolute Gasteiger partial charge is 0.152 e. The summed E-state index contributed by atoms with van der Waals surface area (Å²) in [6.45, 7) is 8.48. The number of rotatable bonds is 3. The van der Waals surface area contributed by atoms with E-state index in [1.807, 2.05) is 0 Å². The van der Waals surface area contributed by atoms with Gasteiger partial charge in [0.1, 0.15) is 0 Å². The van der Waals surface area contributed by atoms with E-state index in [4.69, 9.17) is 0 Å². The second-order valence-corrected chi connectivity index (χ2v) is 6.65. The lowest BCUT2D eigenvalue weighted by Crippen LogP contribution is -2.42. The Kier molecular flexibility index (Phi) is 3.47. The predicted octanol–water partition coefficient (Wildman–Crippen LogP) is 5.17. The van der Waals surface area contributed by atoms with E-state index in [1.54, 1.807) is 0 Å². The summed E-state index contributed by atoms with van der Waals surface area (Å²) < 4.78 is 0. The molecule has 0 N–H and O–H groups in total. The Bertz CT molecular complexity index is 187. The fraction of sp³-hybridized carbons (Fsp3) is 1.00. The lowest BCUT2D eigenvalue weighted by molar-refractivity contribution is 0.411. The molecule has 0 atom stereocenters. The smallest absolute Gasteiger partial charge is 0.0665 e. The molecule has 15 heavy (non-hydrogen) atoms. The van der Waals surface area contributed by atoms with Crippen LogP contribution in [-0.2, 0) is 0 Å². The Hall–Kier alpha value is 0.0649. The van der Waals surface area contributed by atoms with E-state index in [-0.39, 0.29) is 0 Å². The second kappa shape index (κ2) is 4.51. The number of hydrogen-bond acceptors (Lipinski definition) is 0. The molecule has 0 saturated carbocycles. The summed E-state index contributed by atoms with van der Waals surface area (Å²) in [7, 11) is 0. The lowest BCUT2D eigenvalue weighted by atomic mass is 9.18. The highest BCUT2D eigenvalue weighted by molar-refractivity contribution is 6.65. The van der Waals surface area contributed by atoms with Crippen LogP contribution in [0.4, 0.5) is 0 Å². The third-order valence-corrected chi connectivity index (χ3v) is 5.11. The van der Waals surface area contributed by atoms with E-state index in [9.17, 15) is 0 Å². The maximum Gasteiger partial charge on any atom is 0.152 e. The van der Waals surface area contributed by atoms with Crippen LogP contribution in [-0.4, -0.2) is 6.71 Å². The zero-order chi connectivity index (χ0) is 10.9. The lowest BCUT2D eigenvalue weighted by Gasteiger charge is -2.48. The van der Waals surface area contributed by atoms with Crippen LogP contribution in [0.3, 0.4) is 0 Å². The van der Waals surface area contributed by atoms with Crippen LogP contribution in [0.25, 0.3) is 0 Å². The molecule has 2 bridgehead atoms. The standard InChI is InChI=1S/C14H27B/c1-4-11-14(2,3)15-12-7-5-8-13(15)10-6-9-12/h12-13H,4-11H2,1-3H3. The third kappa shape index (κ3) is 2.26. The SMILES string of the molecule is CCCC(C)(C)B1C2CCCC1CCC2. The van der Waals surface area contributed by atoms with Crippen LogP contribution in [0, 0.1) is 0 Å². The molecule has 1 heteroatoms. The van der Waals surface area contributed by atoms with Gasteiger partial charge in [-0.3, -0.25) is 0 Å². The highest BCUT2D eigenvalue weighted by atomic mass is 14.3. The van der Waals surface area contributed by atoms with Gasteiger partial charge in [-0.2, -0.15) is 0 Å². The van der Waals surface area contributed by atoms with Gasteiger partial charge >= 0.3 is 0 Å². The third-order valence-electron chi connectivity index (χ3n) is 5.11. The molecule has 0 unspecified atom stereocenters. The maximum absolute atomic E-state index is 2.54. The van der Waals surface area contributed by atoms with Crippen molar-refractivity contribution in [3.8, 4) is 0 Å². The van der Waals surface area contributed by atoms with Gasteiger partial charge in [0.05, 0.1) is 0 Å². The quantitative estimate of drug-likeness (QED) is 0.559.